The molecule has 3 rings (SSSR count). The van der Waals surface area contributed by atoms with E-state index in [0.29, 0.717) is 23.5 Å². The molecule has 1 heterocycles. The first kappa shape index (κ1) is 16.7. The lowest BCUT2D eigenvalue weighted by Crippen LogP contribution is -2.05. The SMILES string of the molecule is [C-]#[N+]c1ccc(-c2c(F)ccc(-c3cc(CNC)ccn3)c2F)cc1. The van der Waals surface area contributed by atoms with Crippen molar-refractivity contribution in [3.05, 3.63) is 83.3 Å². The van der Waals surface area contributed by atoms with Crippen molar-refractivity contribution in [2.45, 2.75) is 6.54 Å². The van der Waals surface area contributed by atoms with Gasteiger partial charge in [-0.1, -0.05) is 24.3 Å². The molecular weight excluding hydrogens is 320 g/mol. The highest BCUT2D eigenvalue weighted by Crippen LogP contribution is 2.33. The molecule has 0 aliphatic rings. The number of hydrogen-bond donors (Lipinski definition) is 1. The number of nitrogens with one attached hydrogen (secondary N) is 1. The quantitative estimate of drug-likeness (QED) is 0.683. The third kappa shape index (κ3) is 3.39. The van der Waals surface area contributed by atoms with Crippen molar-refractivity contribution >= 4 is 5.69 Å². The molecule has 0 fully saturated rings. The molecule has 0 saturated heterocycles. The Hall–Kier alpha value is -3.10. The van der Waals surface area contributed by atoms with E-state index in [1.54, 1.807) is 36.5 Å². The summed E-state index contributed by atoms with van der Waals surface area (Å²) in [6, 6.07) is 12.4. The number of aromatic nitrogens is 1. The number of nitrogens with zero attached hydrogens (tertiary/aromatic N) is 2. The molecule has 3 nitrogen and oxygen atoms in total. The molecule has 1 aromatic heterocycles. The molecule has 3 aromatic rings. The minimum atomic E-state index is -0.662. The predicted octanol–water partition coefficient (Wildman–Crippen LogP) is 4.96. The van der Waals surface area contributed by atoms with E-state index in [1.807, 2.05) is 13.1 Å². The molecule has 0 amide bonds. The number of rotatable bonds is 4. The van der Waals surface area contributed by atoms with E-state index in [9.17, 15) is 4.39 Å². The topological polar surface area (TPSA) is 29.3 Å². The van der Waals surface area contributed by atoms with Gasteiger partial charge in [-0.3, -0.25) is 4.98 Å². The van der Waals surface area contributed by atoms with Crippen LogP contribution < -0.4 is 5.32 Å². The summed E-state index contributed by atoms with van der Waals surface area (Å²) in [7, 11) is 1.82. The summed E-state index contributed by atoms with van der Waals surface area (Å²) < 4.78 is 29.3. The normalized spacial score (nSPS) is 10.5. The first-order chi connectivity index (χ1) is 12.1. The van der Waals surface area contributed by atoms with E-state index in [4.69, 9.17) is 6.57 Å². The average Bonchev–Trinajstić information content (AvgIpc) is 2.63. The lowest BCUT2D eigenvalue weighted by molar-refractivity contribution is 0.591. The molecule has 2 aromatic carbocycles. The van der Waals surface area contributed by atoms with Gasteiger partial charge in [0.1, 0.15) is 11.6 Å². The van der Waals surface area contributed by atoms with Gasteiger partial charge in [-0.2, -0.15) is 0 Å². The number of benzene rings is 2. The smallest absolute Gasteiger partial charge is 0.187 e. The van der Waals surface area contributed by atoms with Gasteiger partial charge in [-0.25, -0.2) is 13.6 Å². The molecule has 0 spiro atoms. The first-order valence-corrected chi connectivity index (χ1v) is 7.70. The Morgan fingerprint density at radius 2 is 1.84 bits per heavy atom. The van der Waals surface area contributed by atoms with Gasteiger partial charge in [-0.15, -0.1) is 0 Å². The van der Waals surface area contributed by atoms with Gasteiger partial charge in [0.05, 0.1) is 17.8 Å². The van der Waals surface area contributed by atoms with Crippen LogP contribution in [0.4, 0.5) is 14.5 Å². The highest BCUT2D eigenvalue weighted by Gasteiger charge is 2.17. The second-order valence-corrected chi connectivity index (χ2v) is 5.52. The van der Waals surface area contributed by atoms with E-state index >= 15 is 4.39 Å². The summed E-state index contributed by atoms with van der Waals surface area (Å²) in [5, 5.41) is 3.03. The van der Waals surface area contributed by atoms with Crippen LogP contribution in [0.1, 0.15) is 5.56 Å². The van der Waals surface area contributed by atoms with Gasteiger partial charge in [0.15, 0.2) is 5.69 Å². The molecule has 0 atom stereocenters. The van der Waals surface area contributed by atoms with Crippen LogP contribution in [0.2, 0.25) is 0 Å². The average molecular weight is 335 g/mol. The molecule has 1 N–H and O–H groups in total. The summed E-state index contributed by atoms with van der Waals surface area (Å²) in [4.78, 5) is 7.50. The van der Waals surface area contributed by atoms with Crippen LogP contribution in [-0.4, -0.2) is 12.0 Å². The van der Waals surface area contributed by atoms with Crippen molar-refractivity contribution in [1.29, 1.82) is 0 Å². The molecule has 0 aliphatic heterocycles. The fraction of sp³-hybridized carbons (Fsp3) is 0.100. The number of hydrogen-bond acceptors (Lipinski definition) is 2. The van der Waals surface area contributed by atoms with Crippen molar-refractivity contribution in [1.82, 2.24) is 10.3 Å². The Kier molecular flexibility index (Phi) is 4.82. The van der Waals surface area contributed by atoms with Gasteiger partial charge in [0.2, 0.25) is 0 Å². The Morgan fingerprint density at radius 1 is 1.08 bits per heavy atom. The minimum absolute atomic E-state index is 0.116. The predicted molar refractivity (Wildman–Crippen MR) is 94.1 cm³/mol. The highest BCUT2D eigenvalue weighted by molar-refractivity contribution is 5.74. The third-order valence-electron chi connectivity index (χ3n) is 3.86. The monoisotopic (exact) mass is 335 g/mol. The standard InChI is InChI=1S/C20H15F2N3/c1-23-12-13-9-10-25-18(11-13)16-7-8-17(21)19(20(16)22)14-3-5-15(24-2)6-4-14/h3-11,23H,12H2,1H3. The van der Waals surface area contributed by atoms with Crippen LogP contribution in [0.3, 0.4) is 0 Å². The molecule has 0 bridgehead atoms. The summed E-state index contributed by atoms with van der Waals surface area (Å²) in [5.41, 5.74) is 2.33. The van der Waals surface area contributed by atoms with Crippen LogP contribution in [0.5, 0.6) is 0 Å². The van der Waals surface area contributed by atoms with E-state index in [-0.39, 0.29) is 11.1 Å². The highest BCUT2D eigenvalue weighted by atomic mass is 19.1. The van der Waals surface area contributed by atoms with E-state index in [2.05, 4.69) is 15.1 Å². The van der Waals surface area contributed by atoms with Gasteiger partial charge >= 0.3 is 0 Å². The van der Waals surface area contributed by atoms with Crippen molar-refractivity contribution in [2.24, 2.45) is 0 Å². The summed E-state index contributed by atoms with van der Waals surface area (Å²) in [6.45, 7) is 7.60. The van der Waals surface area contributed by atoms with Crippen molar-refractivity contribution < 1.29 is 8.78 Å². The maximum atomic E-state index is 15.0. The second-order valence-electron chi connectivity index (χ2n) is 5.52. The molecule has 124 valence electrons. The Morgan fingerprint density at radius 3 is 2.52 bits per heavy atom. The van der Waals surface area contributed by atoms with Crippen LogP contribution in [0, 0.1) is 18.2 Å². The fourth-order valence-corrected chi connectivity index (χ4v) is 2.65. The van der Waals surface area contributed by atoms with Gasteiger partial charge < -0.3 is 5.32 Å². The zero-order valence-corrected chi connectivity index (χ0v) is 13.6. The summed E-state index contributed by atoms with van der Waals surface area (Å²) in [6.07, 6.45) is 1.61. The molecule has 0 unspecified atom stereocenters. The van der Waals surface area contributed by atoms with Crippen molar-refractivity contribution in [2.75, 3.05) is 7.05 Å². The fourth-order valence-electron chi connectivity index (χ4n) is 2.65. The van der Waals surface area contributed by atoms with Crippen LogP contribution in [-0.2, 0) is 6.54 Å². The van der Waals surface area contributed by atoms with Crippen LogP contribution in [0.25, 0.3) is 27.2 Å². The summed E-state index contributed by atoms with van der Waals surface area (Å²) >= 11 is 0. The third-order valence-corrected chi connectivity index (χ3v) is 3.86. The molecule has 0 aliphatic carbocycles. The van der Waals surface area contributed by atoms with Gasteiger partial charge in [-0.05, 0) is 42.4 Å². The summed E-state index contributed by atoms with van der Waals surface area (Å²) in [5.74, 6) is -1.31. The Bertz CT molecular complexity index is 944. The van der Waals surface area contributed by atoms with E-state index in [1.165, 1.54) is 12.1 Å². The molecular formula is C20H15F2N3. The largest absolute Gasteiger partial charge is 0.316 e. The number of halogens is 2. The lowest BCUT2D eigenvalue weighted by atomic mass is 9.99. The Labute approximate surface area is 144 Å². The van der Waals surface area contributed by atoms with Crippen LogP contribution in [0.15, 0.2) is 54.7 Å². The molecule has 0 saturated carbocycles. The zero-order valence-electron chi connectivity index (χ0n) is 13.6. The van der Waals surface area contributed by atoms with Gasteiger partial charge in [0, 0.05) is 18.3 Å². The lowest BCUT2D eigenvalue weighted by Gasteiger charge is -2.11. The molecule has 25 heavy (non-hydrogen) atoms. The van der Waals surface area contributed by atoms with Crippen LogP contribution >= 0.6 is 0 Å². The minimum Gasteiger partial charge on any atom is -0.316 e. The molecule has 5 heteroatoms. The number of pyridine rings is 1. The molecule has 0 radical (unpaired) electrons. The van der Waals surface area contributed by atoms with Crippen molar-refractivity contribution in [3.63, 3.8) is 0 Å². The first-order valence-electron chi connectivity index (χ1n) is 7.70. The maximum absolute atomic E-state index is 15.0. The van der Waals surface area contributed by atoms with E-state index < -0.39 is 11.6 Å². The Balaban J connectivity index is 2.11. The zero-order chi connectivity index (χ0) is 17.8. The van der Waals surface area contributed by atoms with Gasteiger partial charge in [0.25, 0.3) is 0 Å². The van der Waals surface area contributed by atoms with Crippen molar-refractivity contribution in [3.8, 4) is 22.4 Å². The second kappa shape index (κ2) is 7.20. The maximum Gasteiger partial charge on any atom is 0.187 e. The van der Waals surface area contributed by atoms with E-state index in [0.717, 1.165) is 5.56 Å².